The zero-order chi connectivity index (χ0) is 17.1. The lowest BCUT2D eigenvalue weighted by molar-refractivity contribution is -0.121. The molecule has 1 N–H and O–H groups in total. The van der Waals surface area contributed by atoms with E-state index in [-0.39, 0.29) is 29.0 Å². The maximum absolute atomic E-state index is 13.8. The third-order valence-electron chi connectivity index (χ3n) is 3.89. The summed E-state index contributed by atoms with van der Waals surface area (Å²) in [7, 11) is 0. The van der Waals surface area contributed by atoms with E-state index in [0.717, 1.165) is 6.42 Å². The van der Waals surface area contributed by atoms with E-state index in [0.29, 0.717) is 0 Å². The molecule has 1 heterocycles. The van der Waals surface area contributed by atoms with Crippen molar-refractivity contribution in [3.63, 3.8) is 0 Å². The van der Waals surface area contributed by atoms with Gasteiger partial charge in [-0.05, 0) is 47.9 Å². The van der Waals surface area contributed by atoms with Gasteiger partial charge >= 0.3 is 0 Å². The summed E-state index contributed by atoms with van der Waals surface area (Å²) < 4.78 is 15.0. The molecule has 0 spiro atoms. The number of nitrogens with one attached hydrogen (secondary N) is 1. The second-order valence-electron chi connectivity index (χ2n) is 5.81. The van der Waals surface area contributed by atoms with Crippen LogP contribution in [0.2, 0.25) is 5.02 Å². The predicted octanol–water partition coefficient (Wildman–Crippen LogP) is 4.98. The van der Waals surface area contributed by atoms with Crippen molar-refractivity contribution in [1.82, 2.24) is 5.32 Å². The number of hydrogen-bond acceptors (Lipinski definition) is 2. The third kappa shape index (κ3) is 3.77. The van der Waals surface area contributed by atoms with Crippen molar-refractivity contribution in [2.75, 3.05) is 0 Å². The van der Waals surface area contributed by atoms with Crippen molar-refractivity contribution in [2.45, 2.75) is 25.8 Å². The number of carbonyl (C=O) groups is 1. The Balaban J connectivity index is 1.64. The largest absolute Gasteiger partial charge is 0.353 e. The van der Waals surface area contributed by atoms with Crippen LogP contribution < -0.4 is 5.32 Å². The fourth-order valence-electron chi connectivity index (χ4n) is 2.76. The first kappa shape index (κ1) is 16.9. The Morgan fingerprint density at radius 2 is 2.04 bits per heavy atom. The summed E-state index contributed by atoms with van der Waals surface area (Å²) >= 11 is 7.67. The summed E-state index contributed by atoms with van der Waals surface area (Å²) in [5.74, 6) is -0.678. The van der Waals surface area contributed by atoms with Crippen molar-refractivity contribution in [3.05, 3.63) is 69.8 Å². The van der Waals surface area contributed by atoms with Gasteiger partial charge in [-0.2, -0.15) is 0 Å². The summed E-state index contributed by atoms with van der Waals surface area (Å²) in [6.07, 6.45) is 0.682. The van der Waals surface area contributed by atoms with E-state index < -0.39 is 5.82 Å². The summed E-state index contributed by atoms with van der Waals surface area (Å²) in [4.78, 5) is 12.2. The van der Waals surface area contributed by atoms with Crippen LogP contribution in [0.3, 0.4) is 0 Å². The number of thiophene rings is 1. The van der Waals surface area contributed by atoms with Crippen molar-refractivity contribution >= 4 is 38.9 Å². The highest BCUT2D eigenvalue weighted by atomic mass is 35.5. The van der Waals surface area contributed by atoms with E-state index in [1.807, 2.05) is 19.1 Å². The molecule has 0 fully saturated rings. The molecule has 2 nitrogen and oxygen atoms in total. The van der Waals surface area contributed by atoms with E-state index >= 15 is 0 Å². The number of rotatable bonds is 5. The first-order valence-electron chi connectivity index (χ1n) is 7.72. The Hall–Kier alpha value is -1.91. The van der Waals surface area contributed by atoms with E-state index in [2.05, 4.69) is 22.8 Å². The second kappa shape index (κ2) is 7.32. The Morgan fingerprint density at radius 1 is 1.25 bits per heavy atom. The smallest absolute Gasteiger partial charge is 0.224 e. The quantitative estimate of drug-likeness (QED) is 0.682. The first-order chi connectivity index (χ1) is 11.5. The van der Waals surface area contributed by atoms with E-state index in [4.69, 9.17) is 11.6 Å². The number of halogens is 2. The SMILES string of the molecule is C[C@@H](Cc1csc2ccccc12)NC(=O)Cc1c(F)cccc1Cl. The van der Waals surface area contributed by atoms with Gasteiger partial charge in [0, 0.05) is 21.3 Å². The van der Waals surface area contributed by atoms with Crippen molar-refractivity contribution in [1.29, 1.82) is 0 Å². The highest BCUT2D eigenvalue weighted by molar-refractivity contribution is 7.17. The molecule has 0 aliphatic heterocycles. The number of hydrogen-bond donors (Lipinski definition) is 1. The lowest BCUT2D eigenvalue weighted by atomic mass is 10.1. The molecular weight excluding hydrogens is 345 g/mol. The van der Waals surface area contributed by atoms with Gasteiger partial charge in [-0.15, -0.1) is 11.3 Å². The summed E-state index contributed by atoms with van der Waals surface area (Å²) in [6.45, 7) is 1.95. The maximum Gasteiger partial charge on any atom is 0.224 e. The lowest BCUT2D eigenvalue weighted by Crippen LogP contribution is -2.35. The Labute approximate surface area is 149 Å². The van der Waals surface area contributed by atoms with E-state index in [1.54, 1.807) is 17.4 Å². The molecule has 0 saturated heterocycles. The highest BCUT2D eigenvalue weighted by Crippen LogP contribution is 2.26. The van der Waals surface area contributed by atoms with Gasteiger partial charge < -0.3 is 5.32 Å². The molecule has 1 aromatic heterocycles. The molecule has 124 valence electrons. The molecule has 0 aliphatic rings. The minimum Gasteiger partial charge on any atom is -0.353 e. The van der Waals surface area contributed by atoms with Gasteiger partial charge in [0.25, 0.3) is 0 Å². The number of amides is 1. The molecule has 0 aliphatic carbocycles. The molecule has 24 heavy (non-hydrogen) atoms. The molecule has 5 heteroatoms. The molecular formula is C19H17ClFNOS. The molecule has 0 unspecified atom stereocenters. The summed E-state index contributed by atoms with van der Waals surface area (Å²) in [5.41, 5.74) is 1.46. The predicted molar refractivity (Wildman–Crippen MR) is 98.2 cm³/mol. The van der Waals surface area contributed by atoms with Crippen LogP contribution in [0.1, 0.15) is 18.1 Å². The van der Waals surface area contributed by atoms with Crippen molar-refractivity contribution in [3.8, 4) is 0 Å². The molecule has 1 amide bonds. The van der Waals surface area contributed by atoms with Crippen LogP contribution in [-0.2, 0) is 17.6 Å². The van der Waals surface area contributed by atoms with E-state index in [9.17, 15) is 9.18 Å². The van der Waals surface area contributed by atoms with Gasteiger partial charge in [0.05, 0.1) is 6.42 Å². The van der Waals surface area contributed by atoms with Crippen LogP contribution >= 0.6 is 22.9 Å². The topological polar surface area (TPSA) is 29.1 Å². The molecule has 0 saturated carbocycles. The van der Waals surface area contributed by atoms with Crippen molar-refractivity contribution < 1.29 is 9.18 Å². The lowest BCUT2D eigenvalue weighted by Gasteiger charge is -2.14. The average Bonchev–Trinajstić information content (AvgIpc) is 2.94. The van der Waals surface area contributed by atoms with Gasteiger partial charge in [0.15, 0.2) is 0 Å². The number of carbonyl (C=O) groups excluding carboxylic acids is 1. The van der Waals surface area contributed by atoms with Gasteiger partial charge in [-0.25, -0.2) is 4.39 Å². The van der Waals surface area contributed by atoms with Gasteiger partial charge in [-0.3, -0.25) is 4.79 Å². The third-order valence-corrected chi connectivity index (χ3v) is 5.26. The van der Waals surface area contributed by atoms with Gasteiger partial charge in [-0.1, -0.05) is 35.9 Å². The van der Waals surface area contributed by atoms with Crippen molar-refractivity contribution in [2.24, 2.45) is 0 Å². The zero-order valence-corrected chi connectivity index (χ0v) is 14.8. The second-order valence-corrected chi connectivity index (χ2v) is 7.13. The van der Waals surface area contributed by atoms with Gasteiger partial charge in [0.1, 0.15) is 5.82 Å². The molecule has 2 aromatic carbocycles. The Kier molecular flexibility index (Phi) is 5.17. The molecule has 0 bridgehead atoms. The van der Waals surface area contributed by atoms with E-state index in [1.165, 1.54) is 27.8 Å². The van der Waals surface area contributed by atoms with Crippen LogP contribution in [-0.4, -0.2) is 11.9 Å². The van der Waals surface area contributed by atoms with Crippen LogP contribution in [0.5, 0.6) is 0 Å². The fourth-order valence-corrected chi connectivity index (χ4v) is 3.96. The van der Waals surface area contributed by atoms with Crippen LogP contribution in [0.15, 0.2) is 47.8 Å². The standard InChI is InChI=1S/C19H17ClFNOS/c1-12(9-13-11-24-18-8-3-2-5-14(13)18)22-19(23)10-15-16(20)6-4-7-17(15)21/h2-8,11-12H,9-10H2,1H3,(H,22,23)/t12-/m0/s1. The average molecular weight is 362 g/mol. The first-order valence-corrected chi connectivity index (χ1v) is 8.97. The molecule has 3 rings (SSSR count). The van der Waals surface area contributed by atoms with Gasteiger partial charge in [0.2, 0.25) is 5.91 Å². The molecule has 1 atom stereocenters. The number of fused-ring (bicyclic) bond motifs is 1. The molecule has 3 aromatic rings. The molecule has 0 radical (unpaired) electrons. The highest BCUT2D eigenvalue weighted by Gasteiger charge is 2.15. The summed E-state index contributed by atoms with van der Waals surface area (Å²) in [6, 6.07) is 12.6. The number of benzene rings is 2. The minimum absolute atomic E-state index is 0.0407. The zero-order valence-electron chi connectivity index (χ0n) is 13.2. The van der Waals surface area contributed by atoms with Crippen LogP contribution in [0.25, 0.3) is 10.1 Å². The normalized spacial score (nSPS) is 12.3. The monoisotopic (exact) mass is 361 g/mol. The van der Waals surface area contributed by atoms with Crippen LogP contribution in [0, 0.1) is 5.82 Å². The fraction of sp³-hybridized carbons (Fsp3) is 0.211. The maximum atomic E-state index is 13.8. The Bertz CT molecular complexity index is 856. The van der Waals surface area contributed by atoms with Crippen LogP contribution in [0.4, 0.5) is 4.39 Å². The Morgan fingerprint density at radius 3 is 2.83 bits per heavy atom. The summed E-state index contributed by atoms with van der Waals surface area (Å²) in [5, 5.41) is 6.55. The minimum atomic E-state index is -0.450.